The van der Waals surface area contributed by atoms with Crippen LogP contribution in [-0.2, 0) is 18.4 Å². The lowest BCUT2D eigenvalue weighted by Crippen LogP contribution is -2.46. The molecule has 0 aliphatic heterocycles. The first-order valence-electron chi connectivity index (χ1n) is 21.6. The first kappa shape index (κ1) is 50.2. The van der Waals surface area contributed by atoms with Gasteiger partial charge in [0.1, 0.15) is 13.2 Å². The molecule has 0 aromatic heterocycles. The Morgan fingerprint density at radius 1 is 0.647 bits per heavy atom. The molecule has 3 N–H and O–H groups in total. The zero-order chi connectivity index (χ0) is 37.9. The molecule has 0 fully saturated rings. The first-order valence-corrected chi connectivity index (χ1v) is 23.0. The fourth-order valence-corrected chi connectivity index (χ4v) is 7.01. The second kappa shape index (κ2) is 35.0. The molecule has 0 saturated carbocycles. The van der Waals surface area contributed by atoms with Crippen LogP contribution in [0.4, 0.5) is 0 Å². The van der Waals surface area contributed by atoms with Gasteiger partial charge in [-0.15, -0.1) is 0 Å². The molecule has 0 aliphatic rings. The van der Waals surface area contributed by atoms with E-state index in [0.29, 0.717) is 23.9 Å². The van der Waals surface area contributed by atoms with Crippen molar-refractivity contribution in [2.45, 2.75) is 212 Å². The van der Waals surface area contributed by atoms with E-state index in [1.54, 1.807) is 0 Å². The summed E-state index contributed by atoms with van der Waals surface area (Å²) in [6.45, 7) is 4.77. The highest BCUT2D eigenvalue weighted by Gasteiger charge is 2.28. The molecule has 0 aliphatic carbocycles. The summed E-state index contributed by atoms with van der Waals surface area (Å²) in [4.78, 5) is 22.9. The molecule has 0 saturated heterocycles. The molecule has 0 bridgehead atoms. The van der Waals surface area contributed by atoms with Crippen molar-refractivity contribution < 1.29 is 32.9 Å². The number of phosphoric ester groups is 1. The predicted molar refractivity (Wildman–Crippen MR) is 217 cm³/mol. The largest absolute Gasteiger partial charge is 0.472 e. The lowest BCUT2D eigenvalue weighted by atomic mass is 10.0. The average Bonchev–Trinajstić information content (AvgIpc) is 3.07. The van der Waals surface area contributed by atoms with E-state index in [-0.39, 0.29) is 19.1 Å². The second-order valence-electron chi connectivity index (χ2n) is 16.1. The van der Waals surface area contributed by atoms with Gasteiger partial charge < -0.3 is 19.8 Å². The van der Waals surface area contributed by atoms with Crippen molar-refractivity contribution in [3.63, 3.8) is 0 Å². The van der Waals surface area contributed by atoms with Crippen molar-refractivity contribution in [3.05, 3.63) is 12.2 Å². The second-order valence-corrected chi connectivity index (χ2v) is 17.5. The van der Waals surface area contributed by atoms with Crippen LogP contribution in [0.3, 0.4) is 0 Å². The van der Waals surface area contributed by atoms with Gasteiger partial charge in [-0.2, -0.15) is 0 Å². The smallest absolute Gasteiger partial charge is 0.391 e. The van der Waals surface area contributed by atoms with Crippen molar-refractivity contribution in [2.24, 2.45) is 0 Å². The zero-order valence-electron chi connectivity index (χ0n) is 34.4. The highest BCUT2D eigenvalue weighted by atomic mass is 31.2. The van der Waals surface area contributed by atoms with Gasteiger partial charge in [0.15, 0.2) is 0 Å². The monoisotopic (exact) mass is 746 g/mol. The number of nitrogens with zero attached hydrogens (tertiary/aromatic N) is 1. The van der Waals surface area contributed by atoms with Gasteiger partial charge in [0.05, 0.1) is 39.9 Å². The van der Waals surface area contributed by atoms with Gasteiger partial charge in [-0.05, 0) is 38.5 Å². The fourth-order valence-electron chi connectivity index (χ4n) is 6.28. The molecule has 0 spiro atoms. The molecule has 1 amide bonds. The third-order valence-corrected chi connectivity index (χ3v) is 10.7. The summed E-state index contributed by atoms with van der Waals surface area (Å²) < 4.78 is 23.3. The number of rotatable bonds is 39. The molecule has 0 rings (SSSR count). The maximum absolute atomic E-state index is 12.7. The SMILES string of the molecule is CCCCCCCCCC/C=C\CCCCCCCCCCCCCCCC(=O)NC(COP(=O)(O)OCC[N+](C)(C)C)C(O)CCCCCC. The van der Waals surface area contributed by atoms with Crippen LogP contribution in [-0.4, -0.2) is 73.4 Å². The standard InChI is InChI=1S/C42H85N2O6P/c1-6-8-10-12-13-14-15-16-17-18-19-20-21-22-23-24-25-26-27-28-29-30-31-32-34-36-42(46)43-40(41(45)35-33-11-9-7-2)39-50-51(47,48)49-38-37-44(3,4)5/h18-19,40-41,45H,6-17,20-39H2,1-5H3,(H-,43,46,47,48)/p+1/b19-18-. The maximum atomic E-state index is 12.7. The molecule has 0 aromatic rings. The molecular weight excluding hydrogens is 659 g/mol. The van der Waals surface area contributed by atoms with Crippen LogP contribution in [0.2, 0.25) is 0 Å². The molecular formula is C42H86N2O6P+. The summed E-state index contributed by atoms with van der Waals surface area (Å²) in [7, 11) is 1.61. The van der Waals surface area contributed by atoms with Gasteiger partial charge in [-0.3, -0.25) is 13.8 Å². The Morgan fingerprint density at radius 2 is 1.06 bits per heavy atom. The van der Waals surface area contributed by atoms with Crippen LogP contribution in [0, 0.1) is 0 Å². The zero-order valence-corrected chi connectivity index (χ0v) is 35.3. The highest BCUT2D eigenvalue weighted by molar-refractivity contribution is 7.47. The van der Waals surface area contributed by atoms with E-state index in [2.05, 4.69) is 31.3 Å². The number of unbranched alkanes of at least 4 members (excludes halogenated alkanes) is 24. The average molecular weight is 746 g/mol. The number of quaternary nitrogens is 1. The van der Waals surface area contributed by atoms with Gasteiger partial charge in [-0.1, -0.05) is 167 Å². The highest BCUT2D eigenvalue weighted by Crippen LogP contribution is 2.43. The lowest BCUT2D eigenvalue weighted by Gasteiger charge is -2.26. The first-order chi connectivity index (χ1) is 24.5. The van der Waals surface area contributed by atoms with E-state index in [1.807, 2.05) is 21.1 Å². The molecule has 0 aromatic carbocycles. The van der Waals surface area contributed by atoms with E-state index in [0.717, 1.165) is 44.9 Å². The number of hydrogen-bond donors (Lipinski definition) is 3. The number of nitrogens with one attached hydrogen (secondary N) is 1. The lowest BCUT2D eigenvalue weighted by molar-refractivity contribution is -0.870. The van der Waals surface area contributed by atoms with Crippen LogP contribution in [0.1, 0.15) is 200 Å². The Balaban J connectivity index is 3.91. The van der Waals surface area contributed by atoms with Crippen LogP contribution in [0.25, 0.3) is 0 Å². The third kappa shape index (κ3) is 37.4. The quantitative estimate of drug-likeness (QED) is 0.0250. The molecule has 9 heteroatoms. The number of allylic oxidation sites excluding steroid dienone is 2. The van der Waals surface area contributed by atoms with Crippen molar-refractivity contribution in [1.29, 1.82) is 0 Å². The van der Waals surface area contributed by atoms with Gasteiger partial charge in [0.25, 0.3) is 0 Å². The molecule has 3 atom stereocenters. The van der Waals surface area contributed by atoms with Gasteiger partial charge >= 0.3 is 7.82 Å². The molecule has 8 nitrogen and oxygen atoms in total. The normalized spacial score (nSPS) is 14.6. The molecule has 51 heavy (non-hydrogen) atoms. The summed E-state index contributed by atoms with van der Waals surface area (Å²) in [5, 5.41) is 13.7. The number of aliphatic hydroxyl groups excluding tert-OH is 1. The molecule has 0 heterocycles. The van der Waals surface area contributed by atoms with Crippen LogP contribution >= 0.6 is 7.82 Å². The summed E-state index contributed by atoms with van der Waals surface area (Å²) in [6.07, 6.45) is 38.8. The van der Waals surface area contributed by atoms with Crippen molar-refractivity contribution in [2.75, 3.05) is 40.9 Å². The number of carbonyl (C=O) groups is 1. The summed E-state index contributed by atoms with van der Waals surface area (Å²) in [6, 6.07) is -0.752. The van der Waals surface area contributed by atoms with Crippen LogP contribution in [0.15, 0.2) is 12.2 Å². The minimum atomic E-state index is -4.29. The topological polar surface area (TPSA) is 105 Å². The Kier molecular flexibility index (Phi) is 34.5. The van der Waals surface area contributed by atoms with Gasteiger partial charge in [0.2, 0.25) is 5.91 Å². The van der Waals surface area contributed by atoms with Gasteiger partial charge in [-0.25, -0.2) is 4.57 Å². The van der Waals surface area contributed by atoms with Gasteiger partial charge in [0, 0.05) is 6.42 Å². The number of aliphatic hydroxyl groups is 1. The summed E-state index contributed by atoms with van der Waals surface area (Å²) >= 11 is 0. The van der Waals surface area contributed by atoms with Crippen LogP contribution < -0.4 is 5.32 Å². The van der Waals surface area contributed by atoms with Crippen molar-refractivity contribution in [3.8, 4) is 0 Å². The number of amides is 1. The predicted octanol–water partition coefficient (Wildman–Crippen LogP) is 11.6. The van der Waals surface area contributed by atoms with E-state index in [1.165, 1.54) is 128 Å². The Hall–Kier alpha value is -0.760. The summed E-state index contributed by atoms with van der Waals surface area (Å²) in [5.41, 5.74) is 0. The Morgan fingerprint density at radius 3 is 1.51 bits per heavy atom. The number of carbonyl (C=O) groups excluding carboxylic acids is 1. The minimum Gasteiger partial charge on any atom is -0.391 e. The van der Waals surface area contributed by atoms with E-state index in [9.17, 15) is 19.4 Å². The van der Waals surface area contributed by atoms with E-state index in [4.69, 9.17) is 9.05 Å². The molecule has 3 unspecified atom stereocenters. The fraction of sp³-hybridized carbons (Fsp3) is 0.929. The minimum absolute atomic E-state index is 0.0752. The third-order valence-electron chi connectivity index (χ3n) is 9.76. The van der Waals surface area contributed by atoms with E-state index < -0.39 is 20.0 Å². The Bertz CT molecular complexity index is 850. The van der Waals surface area contributed by atoms with Crippen molar-refractivity contribution in [1.82, 2.24) is 5.32 Å². The maximum Gasteiger partial charge on any atom is 0.472 e. The molecule has 0 radical (unpaired) electrons. The number of hydrogen-bond acceptors (Lipinski definition) is 5. The summed E-state index contributed by atoms with van der Waals surface area (Å²) in [5.74, 6) is -0.152. The number of phosphoric acid groups is 1. The van der Waals surface area contributed by atoms with Crippen LogP contribution in [0.5, 0.6) is 0 Å². The Labute approximate surface area is 316 Å². The molecule has 304 valence electrons. The van der Waals surface area contributed by atoms with Crippen molar-refractivity contribution >= 4 is 13.7 Å². The van der Waals surface area contributed by atoms with E-state index >= 15 is 0 Å². The number of likely N-dealkylation sites (N-methyl/N-ethyl adjacent to an activating group) is 1.